The fraction of sp³-hybridized carbons (Fsp3) is 0.417. The fourth-order valence-corrected chi connectivity index (χ4v) is 3.02. The number of methoxy groups -OCH3 is 1. The molecule has 0 aromatic carbocycles. The summed E-state index contributed by atoms with van der Waals surface area (Å²) in [5, 5.41) is 9.46. The van der Waals surface area contributed by atoms with Crippen LogP contribution in [0.2, 0.25) is 0 Å². The average Bonchev–Trinajstić information content (AvgIpc) is 2.74. The molecule has 108 valence electrons. The van der Waals surface area contributed by atoms with Crippen LogP contribution in [0.5, 0.6) is 0 Å². The van der Waals surface area contributed by atoms with Gasteiger partial charge in [-0.05, 0) is 28.9 Å². The first kappa shape index (κ1) is 15.3. The lowest BCUT2D eigenvalue weighted by atomic mass is 10.3. The Kier molecular flexibility index (Phi) is 5.00. The third-order valence-electron chi connectivity index (χ3n) is 2.64. The van der Waals surface area contributed by atoms with E-state index in [1.165, 1.54) is 11.8 Å². The summed E-state index contributed by atoms with van der Waals surface area (Å²) in [6, 6.07) is 1.89. The number of rotatable bonds is 6. The van der Waals surface area contributed by atoms with Crippen molar-refractivity contribution in [2.75, 3.05) is 19.5 Å². The molecule has 2 aromatic rings. The van der Waals surface area contributed by atoms with Gasteiger partial charge in [0.05, 0.1) is 18.4 Å². The van der Waals surface area contributed by atoms with E-state index in [4.69, 9.17) is 9.84 Å². The molecule has 1 unspecified atom stereocenters. The van der Waals surface area contributed by atoms with Crippen molar-refractivity contribution >= 4 is 44.8 Å². The number of aliphatic carboxylic acids is 1. The molecular weight excluding hydrogens is 346 g/mol. The molecule has 0 radical (unpaired) electrons. The maximum absolute atomic E-state index is 10.7. The first-order valence-corrected chi connectivity index (χ1v) is 7.67. The van der Waals surface area contributed by atoms with Crippen molar-refractivity contribution in [2.45, 2.75) is 18.1 Å². The molecule has 0 saturated heterocycles. The van der Waals surface area contributed by atoms with E-state index in [1.54, 1.807) is 13.3 Å². The van der Waals surface area contributed by atoms with Crippen LogP contribution in [0.1, 0.15) is 13.0 Å². The molecule has 6 nitrogen and oxygen atoms in total. The van der Waals surface area contributed by atoms with Crippen LogP contribution < -0.4 is 0 Å². The van der Waals surface area contributed by atoms with E-state index in [0.717, 1.165) is 15.6 Å². The Morgan fingerprint density at radius 2 is 2.40 bits per heavy atom. The Bertz CT molecular complexity index is 632. The van der Waals surface area contributed by atoms with Crippen LogP contribution in [0.4, 0.5) is 0 Å². The number of fused-ring (bicyclic) bond motifs is 1. The third-order valence-corrected chi connectivity index (χ3v) is 4.01. The maximum Gasteiger partial charge on any atom is 0.313 e. The zero-order valence-electron chi connectivity index (χ0n) is 11.0. The lowest BCUT2D eigenvalue weighted by molar-refractivity contribution is -0.133. The Hall–Kier alpha value is -1.12. The summed E-state index contributed by atoms with van der Waals surface area (Å²) < 4.78 is 7.92. The number of pyridine rings is 1. The molecule has 0 saturated carbocycles. The van der Waals surface area contributed by atoms with Crippen molar-refractivity contribution in [2.24, 2.45) is 0 Å². The molecule has 1 atom stereocenters. The van der Waals surface area contributed by atoms with Gasteiger partial charge in [0.2, 0.25) is 0 Å². The highest BCUT2D eigenvalue weighted by molar-refractivity contribution is 9.10. The van der Waals surface area contributed by atoms with Gasteiger partial charge in [-0.3, -0.25) is 9.36 Å². The minimum absolute atomic E-state index is 0.0231. The second-order valence-electron chi connectivity index (χ2n) is 4.25. The van der Waals surface area contributed by atoms with Crippen LogP contribution in [-0.4, -0.2) is 45.1 Å². The van der Waals surface area contributed by atoms with Crippen LogP contribution >= 0.6 is 27.7 Å². The highest BCUT2D eigenvalue weighted by Gasteiger charge is 2.18. The highest BCUT2D eigenvalue weighted by Crippen LogP contribution is 2.28. The van der Waals surface area contributed by atoms with Crippen LogP contribution in [0.15, 0.2) is 21.9 Å². The Morgan fingerprint density at radius 1 is 1.65 bits per heavy atom. The smallest absolute Gasteiger partial charge is 0.313 e. The van der Waals surface area contributed by atoms with Crippen LogP contribution in [0.25, 0.3) is 11.2 Å². The largest absolute Gasteiger partial charge is 0.481 e. The van der Waals surface area contributed by atoms with Gasteiger partial charge < -0.3 is 9.84 Å². The number of thioether (sulfide) groups is 1. The normalized spacial score (nSPS) is 12.8. The third kappa shape index (κ3) is 3.31. The number of carboxylic acid groups (broad SMARTS) is 1. The summed E-state index contributed by atoms with van der Waals surface area (Å²) >= 11 is 4.54. The summed E-state index contributed by atoms with van der Waals surface area (Å²) in [6.45, 7) is 2.49. The van der Waals surface area contributed by atoms with Crippen molar-refractivity contribution < 1.29 is 14.6 Å². The highest BCUT2D eigenvalue weighted by atomic mass is 79.9. The van der Waals surface area contributed by atoms with E-state index in [2.05, 4.69) is 25.9 Å². The molecule has 2 aromatic heterocycles. The lowest BCUT2D eigenvalue weighted by Gasteiger charge is -2.15. The molecule has 0 aliphatic carbocycles. The van der Waals surface area contributed by atoms with Crippen LogP contribution in [0.3, 0.4) is 0 Å². The van der Waals surface area contributed by atoms with Gasteiger partial charge in [0.25, 0.3) is 0 Å². The Balaban J connectivity index is 2.47. The molecule has 2 heterocycles. The number of nitrogens with zero attached hydrogens (tertiary/aromatic N) is 3. The SMILES string of the molecule is COCC(C)n1c(SCC(=O)O)nc2cc(Br)cnc21. The summed E-state index contributed by atoms with van der Waals surface area (Å²) in [4.78, 5) is 19.6. The number of ether oxygens (including phenoxy) is 1. The van der Waals surface area contributed by atoms with E-state index < -0.39 is 5.97 Å². The monoisotopic (exact) mass is 359 g/mol. The maximum atomic E-state index is 10.7. The molecule has 2 rings (SSSR count). The molecule has 0 aliphatic heterocycles. The first-order chi connectivity index (χ1) is 9.52. The number of carbonyl (C=O) groups is 1. The van der Waals surface area contributed by atoms with E-state index in [9.17, 15) is 4.79 Å². The molecule has 20 heavy (non-hydrogen) atoms. The topological polar surface area (TPSA) is 77.2 Å². The lowest BCUT2D eigenvalue weighted by Crippen LogP contribution is -2.13. The predicted octanol–water partition coefficient (Wildman–Crippen LogP) is 2.58. The Labute approximate surface area is 128 Å². The van der Waals surface area contributed by atoms with E-state index >= 15 is 0 Å². The zero-order chi connectivity index (χ0) is 14.7. The van der Waals surface area contributed by atoms with Gasteiger partial charge in [0.1, 0.15) is 5.52 Å². The molecule has 0 spiro atoms. The number of halogens is 1. The summed E-state index contributed by atoms with van der Waals surface area (Å²) in [7, 11) is 1.63. The summed E-state index contributed by atoms with van der Waals surface area (Å²) in [6.07, 6.45) is 1.70. The van der Waals surface area contributed by atoms with Gasteiger partial charge in [-0.25, -0.2) is 9.97 Å². The van der Waals surface area contributed by atoms with Gasteiger partial charge in [-0.2, -0.15) is 0 Å². The Morgan fingerprint density at radius 3 is 3.05 bits per heavy atom. The van der Waals surface area contributed by atoms with Crippen molar-refractivity contribution in [3.8, 4) is 0 Å². The van der Waals surface area contributed by atoms with Crippen molar-refractivity contribution in [1.82, 2.24) is 14.5 Å². The number of hydrogen-bond acceptors (Lipinski definition) is 5. The van der Waals surface area contributed by atoms with Crippen LogP contribution in [-0.2, 0) is 9.53 Å². The molecule has 0 bridgehead atoms. The van der Waals surface area contributed by atoms with Crippen LogP contribution in [0, 0.1) is 0 Å². The molecule has 0 aliphatic rings. The average molecular weight is 360 g/mol. The second kappa shape index (κ2) is 6.55. The number of hydrogen-bond donors (Lipinski definition) is 1. The quantitative estimate of drug-likeness (QED) is 0.798. The van der Waals surface area contributed by atoms with Gasteiger partial charge in [-0.15, -0.1) is 0 Å². The number of imidazole rings is 1. The fourth-order valence-electron chi connectivity index (χ4n) is 1.88. The van der Waals surface area contributed by atoms with Crippen molar-refractivity contribution in [3.05, 3.63) is 16.7 Å². The minimum Gasteiger partial charge on any atom is -0.481 e. The van der Waals surface area contributed by atoms with Crippen molar-refractivity contribution in [3.63, 3.8) is 0 Å². The van der Waals surface area contributed by atoms with E-state index in [-0.39, 0.29) is 11.8 Å². The van der Waals surface area contributed by atoms with Gasteiger partial charge in [-0.1, -0.05) is 11.8 Å². The van der Waals surface area contributed by atoms with Gasteiger partial charge >= 0.3 is 5.97 Å². The summed E-state index contributed by atoms with van der Waals surface area (Å²) in [5.74, 6) is -0.911. The number of carboxylic acids is 1. The first-order valence-electron chi connectivity index (χ1n) is 5.90. The number of aromatic nitrogens is 3. The molecule has 1 N–H and O–H groups in total. The predicted molar refractivity (Wildman–Crippen MR) is 80.2 cm³/mol. The summed E-state index contributed by atoms with van der Waals surface area (Å²) in [5.41, 5.74) is 1.46. The standard InChI is InChI=1S/C12H14BrN3O3S/c1-7(5-19-2)16-11-9(3-8(13)4-14-11)15-12(16)20-6-10(17)18/h3-4,7H,5-6H2,1-2H3,(H,17,18). The minimum atomic E-state index is -0.873. The van der Waals surface area contributed by atoms with Gasteiger partial charge in [0.15, 0.2) is 10.8 Å². The van der Waals surface area contributed by atoms with E-state index in [0.29, 0.717) is 11.8 Å². The van der Waals surface area contributed by atoms with Crippen molar-refractivity contribution in [1.29, 1.82) is 0 Å². The van der Waals surface area contributed by atoms with Gasteiger partial charge in [0, 0.05) is 17.8 Å². The second-order valence-corrected chi connectivity index (χ2v) is 6.11. The molecule has 8 heteroatoms. The molecule has 0 amide bonds. The molecular formula is C12H14BrN3O3S. The molecule has 0 fully saturated rings. The van der Waals surface area contributed by atoms with E-state index in [1.807, 2.05) is 17.6 Å². The zero-order valence-corrected chi connectivity index (χ0v) is 13.4.